The Hall–Kier alpha value is -1.89. The summed E-state index contributed by atoms with van der Waals surface area (Å²) in [6.07, 6.45) is 1.48. The number of benzene rings is 1. The van der Waals surface area contributed by atoms with Gasteiger partial charge in [0.1, 0.15) is 5.52 Å². The second kappa shape index (κ2) is 7.34. The Morgan fingerprint density at radius 2 is 2.25 bits per heavy atom. The van der Waals surface area contributed by atoms with Crippen molar-refractivity contribution in [2.24, 2.45) is 0 Å². The second-order valence-electron chi connectivity index (χ2n) is 5.74. The molecule has 0 unspecified atom stereocenters. The number of nitrogens with zero attached hydrogens (tertiary/aromatic N) is 2. The molecular formula is C17H21ClN4O2. The first-order valence-electron chi connectivity index (χ1n) is 8.00. The lowest BCUT2D eigenvalue weighted by atomic mass is 10.1. The van der Waals surface area contributed by atoms with E-state index in [9.17, 15) is 4.79 Å². The average molecular weight is 349 g/mol. The van der Waals surface area contributed by atoms with Gasteiger partial charge in [0, 0.05) is 30.5 Å². The van der Waals surface area contributed by atoms with E-state index < -0.39 is 0 Å². The van der Waals surface area contributed by atoms with Gasteiger partial charge in [-0.1, -0.05) is 11.6 Å². The molecule has 6 nitrogen and oxygen atoms in total. The molecule has 0 fully saturated rings. The highest BCUT2D eigenvalue weighted by Crippen LogP contribution is 2.26. The van der Waals surface area contributed by atoms with Crippen LogP contribution in [0.3, 0.4) is 0 Å². The fraction of sp³-hybridized carbons (Fsp3) is 0.412. The Morgan fingerprint density at radius 3 is 3.00 bits per heavy atom. The molecular weight excluding hydrogens is 328 g/mol. The van der Waals surface area contributed by atoms with Gasteiger partial charge in [0.2, 0.25) is 0 Å². The molecule has 2 N–H and O–H groups in total. The maximum absolute atomic E-state index is 13.1. The van der Waals surface area contributed by atoms with Crippen LogP contribution >= 0.6 is 11.6 Å². The number of hydrogen-bond acceptors (Lipinski definition) is 4. The molecule has 0 bridgehead atoms. The van der Waals surface area contributed by atoms with Gasteiger partial charge in [-0.15, -0.1) is 0 Å². The minimum atomic E-state index is -0.0178. The van der Waals surface area contributed by atoms with Crippen molar-refractivity contribution in [3.8, 4) is 0 Å². The fourth-order valence-corrected chi connectivity index (χ4v) is 3.17. The molecule has 0 aliphatic rings. The summed E-state index contributed by atoms with van der Waals surface area (Å²) in [5.74, 6) is 0. The lowest BCUT2D eigenvalue weighted by Gasteiger charge is -2.12. The van der Waals surface area contributed by atoms with Crippen molar-refractivity contribution >= 4 is 33.4 Å². The van der Waals surface area contributed by atoms with Crippen molar-refractivity contribution in [1.82, 2.24) is 20.1 Å². The molecule has 24 heavy (non-hydrogen) atoms. The highest BCUT2D eigenvalue weighted by atomic mass is 35.5. The number of aromatic nitrogens is 3. The third-order valence-electron chi connectivity index (χ3n) is 4.17. The first kappa shape index (κ1) is 17.0. The third-order valence-corrected chi connectivity index (χ3v) is 4.40. The Bertz CT molecular complexity index is 916. The maximum Gasteiger partial charge on any atom is 0.262 e. The van der Waals surface area contributed by atoms with E-state index in [2.05, 4.69) is 15.5 Å². The predicted molar refractivity (Wildman–Crippen MR) is 97.0 cm³/mol. The van der Waals surface area contributed by atoms with Crippen LogP contribution in [0.15, 0.2) is 23.0 Å². The molecule has 3 aromatic rings. The second-order valence-corrected chi connectivity index (χ2v) is 6.18. The molecule has 0 aliphatic heterocycles. The highest BCUT2D eigenvalue weighted by Gasteiger charge is 2.17. The summed E-state index contributed by atoms with van der Waals surface area (Å²) in [6.45, 7) is 2.02. The first-order valence-corrected chi connectivity index (χ1v) is 8.37. The van der Waals surface area contributed by atoms with Crippen molar-refractivity contribution in [2.45, 2.75) is 19.4 Å². The zero-order valence-electron chi connectivity index (χ0n) is 13.9. The summed E-state index contributed by atoms with van der Waals surface area (Å²) < 4.78 is 6.95. The smallest absolute Gasteiger partial charge is 0.262 e. The van der Waals surface area contributed by atoms with Crippen LogP contribution in [0.5, 0.6) is 0 Å². The van der Waals surface area contributed by atoms with Gasteiger partial charge in [0.15, 0.2) is 0 Å². The predicted octanol–water partition coefficient (Wildman–Crippen LogP) is 2.33. The number of nitrogens with one attached hydrogen (secondary N) is 2. The van der Waals surface area contributed by atoms with E-state index >= 15 is 0 Å². The lowest BCUT2D eigenvalue weighted by Crippen LogP contribution is -2.23. The minimum Gasteiger partial charge on any atom is -0.384 e. The number of fused-ring (bicyclic) bond motifs is 3. The van der Waals surface area contributed by atoms with Gasteiger partial charge in [0.25, 0.3) is 5.56 Å². The molecule has 3 rings (SSSR count). The number of methoxy groups -OCH3 is 1. The quantitative estimate of drug-likeness (QED) is 0.643. The normalized spacial score (nSPS) is 11.6. The fourth-order valence-electron chi connectivity index (χ4n) is 3.00. The molecule has 0 aliphatic carbocycles. The molecule has 0 saturated heterocycles. The van der Waals surface area contributed by atoms with Crippen molar-refractivity contribution in [2.75, 3.05) is 27.3 Å². The first-order chi connectivity index (χ1) is 11.7. The Labute approximate surface area is 144 Å². The molecule has 7 heteroatoms. The lowest BCUT2D eigenvalue weighted by molar-refractivity contribution is 0.201. The standard InChI is InChI=1S/C17H21ClN4O2/c1-19-7-3-8-22-14-5-4-11(18)10-12(14)16-15(17(22)23)13(20-21-16)6-9-24-2/h4-5,10,19H,3,6-9H2,1-2H3,(H,20,21). The van der Waals surface area contributed by atoms with Gasteiger partial charge < -0.3 is 14.6 Å². The number of aromatic amines is 1. The van der Waals surface area contributed by atoms with Crippen LogP contribution in [-0.4, -0.2) is 42.1 Å². The third kappa shape index (κ3) is 3.05. The number of hydrogen-bond donors (Lipinski definition) is 2. The highest BCUT2D eigenvalue weighted by molar-refractivity contribution is 6.31. The van der Waals surface area contributed by atoms with E-state index in [0.29, 0.717) is 35.5 Å². The Kier molecular flexibility index (Phi) is 5.18. The SMILES string of the molecule is CNCCCn1c(=O)c2c(CCOC)[nH]nc2c2cc(Cl)ccc21. The number of pyridine rings is 1. The molecule has 2 heterocycles. The number of aryl methyl sites for hydroxylation is 1. The Morgan fingerprint density at radius 1 is 1.42 bits per heavy atom. The topological polar surface area (TPSA) is 71.9 Å². The van der Waals surface area contributed by atoms with Crippen molar-refractivity contribution in [3.05, 3.63) is 39.3 Å². The molecule has 0 radical (unpaired) electrons. The Balaban J connectivity index is 2.25. The maximum atomic E-state index is 13.1. The van der Waals surface area contributed by atoms with E-state index in [4.69, 9.17) is 16.3 Å². The summed E-state index contributed by atoms with van der Waals surface area (Å²) in [6, 6.07) is 5.57. The largest absolute Gasteiger partial charge is 0.384 e. The summed E-state index contributed by atoms with van der Waals surface area (Å²) in [7, 11) is 3.55. The van der Waals surface area contributed by atoms with E-state index in [1.807, 2.05) is 29.8 Å². The van der Waals surface area contributed by atoms with Crippen molar-refractivity contribution < 1.29 is 4.74 Å². The average Bonchev–Trinajstić information content (AvgIpc) is 3.00. The molecule has 0 amide bonds. The van der Waals surface area contributed by atoms with E-state index in [1.54, 1.807) is 7.11 Å². The van der Waals surface area contributed by atoms with E-state index in [0.717, 1.165) is 29.6 Å². The van der Waals surface area contributed by atoms with Gasteiger partial charge >= 0.3 is 0 Å². The van der Waals surface area contributed by atoms with Crippen LogP contribution in [0, 0.1) is 0 Å². The zero-order valence-corrected chi connectivity index (χ0v) is 14.6. The summed E-state index contributed by atoms with van der Waals surface area (Å²) >= 11 is 6.17. The van der Waals surface area contributed by atoms with E-state index in [-0.39, 0.29) is 5.56 Å². The summed E-state index contributed by atoms with van der Waals surface area (Å²) in [5.41, 5.74) is 2.32. The summed E-state index contributed by atoms with van der Waals surface area (Å²) in [4.78, 5) is 13.1. The van der Waals surface area contributed by atoms with Crippen LogP contribution in [0.2, 0.25) is 5.02 Å². The molecule has 128 valence electrons. The van der Waals surface area contributed by atoms with Crippen LogP contribution in [-0.2, 0) is 17.7 Å². The van der Waals surface area contributed by atoms with Gasteiger partial charge in [-0.2, -0.15) is 5.10 Å². The number of rotatable bonds is 7. The van der Waals surface area contributed by atoms with Crippen LogP contribution in [0.1, 0.15) is 12.1 Å². The molecule has 0 spiro atoms. The molecule has 2 aromatic heterocycles. The molecule has 0 saturated carbocycles. The molecule has 1 aromatic carbocycles. The van der Waals surface area contributed by atoms with E-state index in [1.165, 1.54) is 0 Å². The molecule has 0 atom stereocenters. The minimum absolute atomic E-state index is 0.0178. The summed E-state index contributed by atoms with van der Waals surface area (Å²) in [5, 5.41) is 12.6. The van der Waals surface area contributed by atoms with Crippen LogP contribution in [0.4, 0.5) is 0 Å². The zero-order chi connectivity index (χ0) is 17.1. The van der Waals surface area contributed by atoms with Gasteiger partial charge in [-0.3, -0.25) is 9.89 Å². The van der Waals surface area contributed by atoms with Gasteiger partial charge in [-0.05, 0) is 38.2 Å². The number of ether oxygens (including phenoxy) is 1. The van der Waals surface area contributed by atoms with Gasteiger partial charge in [-0.25, -0.2) is 0 Å². The number of halogens is 1. The van der Waals surface area contributed by atoms with Gasteiger partial charge in [0.05, 0.1) is 23.2 Å². The van der Waals surface area contributed by atoms with Crippen molar-refractivity contribution in [1.29, 1.82) is 0 Å². The monoisotopic (exact) mass is 348 g/mol. The van der Waals surface area contributed by atoms with Crippen molar-refractivity contribution in [3.63, 3.8) is 0 Å². The van der Waals surface area contributed by atoms with Crippen LogP contribution < -0.4 is 10.9 Å². The number of H-pyrrole nitrogens is 1. The van der Waals surface area contributed by atoms with Crippen LogP contribution in [0.25, 0.3) is 21.8 Å².